The summed E-state index contributed by atoms with van der Waals surface area (Å²) in [6, 6.07) is 4.90. The number of carboxylic acid groups (broad SMARTS) is 1. The molecule has 1 aliphatic heterocycles. The first-order valence-corrected chi connectivity index (χ1v) is 6.26. The van der Waals surface area contributed by atoms with Gasteiger partial charge in [-0.3, -0.25) is 15.0 Å². The highest BCUT2D eigenvalue weighted by Crippen LogP contribution is 2.26. The summed E-state index contributed by atoms with van der Waals surface area (Å²) in [7, 11) is 0. The van der Waals surface area contributed by atoms with Gasteiger partial charge in [0.05, 0.1) is 6.04 Å². The molecule has 0 aromatic heterocycles. The van der Waals surface area contributed by atoms with Gasteiger partial charge in [-0.1, -0.05) is 23.8 Å². The summed E-state index contributed by atoms with van der Waals surface area (Å²) in [4.78, 5) is 22.2. The number of amides is 1. The molecule has 0 unspecified atom stereocenters. The van der Waals surface area contributed by atoms with Crippen LogP contribution in [0, 0.1) is 17.0 Å². The Morgan fingerprint density at radius 3 is 2.85 bits per heavy atom. The smallest absolute Gasteiger partial charge is 0.407 e. The van der Waals surface area contributed by atoms with Gasteiger partial charge in [0.25, 0.3) is 0 Å². The average molecular weight is 280 g/mol. The highest BCUT2D eigenvalue weighted by Gasteiger charge is 2.36. The predicted molar refractivity (Wildman–Crippen MR) is 70.1 cm³/mol. The van der Waals surface area contributed by atoms with Gasteiger partial charge in [-0.25, -0.2) is 4.79 Å². The second-order valence-electron chi connectivity index (χ2n) is 5.04. The standard InChI is InChI=1S/C13H16N2O5/c1-8-2-3-9-6-14(13(17)18)11(5-10(9)4-8)12(16)7-15(19)20/h2-4,11-12,16H,5-7H2,1H3,(H,17,18)/t11-,12+/m0/s1. The van der Waals surface area contributed by atoms with E-state index in [4.69, 9.17) is 0 Å². The maximum atomic E-state index is 11.3. The Hall–Kier alpha value is -2.15. The van der Waals surface area contributed by atoms with E-state index in [2.05, 4.69) is 0 Å². The van der Waals surface area contributed by atoms with Crippen LogP contribution in [0.25, 0.3) is 0 Å². The molecule has 20 heavy (non-hydrogen) atoms. The lowest BCUT2D eigenvalue weighted by atomic mass is 9.90. The Morgan fingerprint density at radius 2 is 2.25 bits per heavy atom. The Morgan fingerprint density at radius 1 is 1.55 bits per heavy atom. The van der Waals surface area contributed by atoms with E-state index in [-0.39, 0.29) is 6.54 Å². The van der Waals surface area contributed by atoms with Crippen molar-refractivity contribution in [3.05, 3.63) is 45.0 Å². The van der Waals surface area contributed by atoms with Crippen molar-refractivity contribution in [2.75, 3.05) is 6.54 Å². The summed E-state index contributed by atoms with van der Waals surface area (Å²) in [6.45, 7) is 1.41. The summed E-state index contributed by atoms with van der Waals surface area (Å²) >= 11 is 0. The van der Waals surface area contributed by atoms with Gasteiger partial charge in [-0.15, -0.1) is 0 Å². The second-order valence-corrected chi connectivity index (χ2v) is 5.04. The zero-order valence-corrected chi connectivity index (χ0v) is 11.0. The van der Waals surface area contributed by atoms with Gasteiger partial charge in [0.2, 0.25) is 6.54 Å². The normalized spacial score (nSPS) is 19.3. The van der Waals surface area contributed by atoms with Gasteiger partial charge < -0.3 is 10.2 Å². The van der Waals surface area contributed by atoms with Crippen molar-refractivity contribution in [3.63, 3.8) is 0 Å². The molecule has 0 saturated carbocycles. The minimum atomic E-state index is -1.31. The van der Waals surface area contributed by atoms with Crippen LogP contribution in [0.1, 0.15) is 16.7 Å². The quantitative estimate of drug-likeness (QED) is 0.636. The highest BCUT2D eigenvalue weighted by atomic mass is 16.6. The van der Waals surface area contributed by atoms with Crippen molar-refractivity contribution in [2.45, 2.75) is 32.0 Å². The van der Waals surface area contributed by atoms with Crippen LogP contribution in [0.15, 0.2) is 18.2 Å². The Bertz CT molecular complexity index is 546. The van der Waals surface area contributed by atoms with Gasteiger partial charge in [0.15, 0.2) is 0 Å². The second kappa shape index (κ2) is 5.46. The molecule has 0 aliphatic carbocycles. The number of hydrogen-bond donors (Lipinski definition) is 2. The molecular formula is C13H16N2O5. The lowest BCUT2D eigenvalue weighted by Crippen LogP contribution is -2.51. The van der Waals surface area contributed by atoms with E-state index in [1.807, 2.05) is 25.1 Å². The van der Waals surface area contributed by atoms with Crippen LogP contribution in [0.5, 0.6) is 0 Å². The van der Waals surface area contributed by atoms with Crippen LogP contribution >= 0.6 is 0 Å². The summed E-state index contributed by atoms with van der Waals surface area (Å²) < 4.78 is 0. The molecule has 1 aromatic rings. The SMILES string of the molecule is Cc1ccc2c(c1)C[C@@H]([C@H](O)C[N+](=O)[O-])N(C(=O)O)C2. The summed E-state index contributed by atoms with van der Waals surface area (Å²) in [5.74, 6) is 0. The first-order valence-electron chi connectivity index (χ1n) is 6.26. The summed E-state index contributed by atoms with van der Waals surface area (Å²) in [5.41, 5.74) is 2.85. The molecule has 0 fully saturated rings. The van der Waals surface area contributed by atoms with E-state index in [1.54, 1.807) is 0 Å². The monoisotopic (exact) mass is 280 g/mol. The molecule has 1 heterocycles. The van der Waals surface area contributed by atoms with Crippen molar-refractivity contribution in [1.29, 1.82) is 0 Å². The highest BCUT2D eigenvalue weighted by molar-refractivity contribution is 5.66. The number of aliphatic hydroxyl groups is 1. The Labute approximate surface area is 115 Å². The molecule has 1 amide bonds. The number of nitrogens with zero attached hydrogens (tertiary/aromatic N) is 2. The number of hydrogen-bond acceptors (Lipinski definition) is 4. The van der Waals surface area contributed by atoms with Crippen LogP contribution < -0.4 is 0 Å². The number of fused-ring (bicyclic) bond motifs is 1. The fourth-order valence-electron chi connectivity index (χ4n) is 2.56. The molecule has 0 saturated heterocycles. The zero-order chi connectivity index (χ0) is 14.9. The number of carbonyl (C=O) groups is 1. The van der Waals surface area contributed by atoms with Gasteiger partial charge in [0.1, 0.15) is 6.10 Å². The lowest BCUT2D eigenvalue weighted by molar-refractivity contribution is -0.491. The van der Waals surface area contributed by atoms with Crippen LogP contribution in [0.2, 0.25) is 0 Å². The molecule has 2 atom stereocenters. The van der Waals surface area contributed by atoms with Crippen molar-refractivity contribution in [2.24, 2.45) is 0 Å². The number of nitro groups is 1. The fraction of sp³-hybridized carbons (Fsp3) is 0.462. The van der Waals surface area contributed by atoms with Crippen molar-refractivity contribution in [1.82, 2.24) is 4.90 Å². The van der Waals surface area contributed by atoms with Crippen LogP contribution in [-0.2, 0) is 13.0 Å². The number of rotatable bonds is 3. The van der Waals surface area contributed by atoms with Crippen LogP contribution in [-0.4, -0.2) is 44.8 Å². The third-order valence-corrected chi connectivity index (χ3v) is 3.56. The van der Waals surface area contributed by atoms with Crippen LogP contribution in [0.3, 0.4) is 0 Å². The fourth-order valence-corrected chi connectivity index (χ4v) is 2.56. The molecule has 1 aliphatic rings. The molecule has 0 radical (unpaired) electrons. The average Bonchev–Trinajstić information content (AvgIpc) is 2.36. The van der Waals surface area contributed by atoms with Crippen molar-refractivity contribution < 1.29 is 19.9 Å². The number of aliphatic hydroxyl groups excluding tert-OH is 1. The van der Waals surface area contributed by atoms with Gasteiger partial charge in [0, 0.05) is 11.5 Å². The molecule has 0 bridgehead atoms. The first-order chi connectivity index (χ1) is 9.38. The summed E-state index contributed by atoms with van der Waals surface area (Å²) in [6.07, 6.45) is -2.20. The van der Waals surface area contributed by atoms with Crippen LogP contribution in [0.4, 0.5) is 4.79 Å². The number of aryl methyl sites for hydroxylation is 1. The molecule has 1 aromatic carbocycles. The number of benzene rings is 1. The third-order valence-electron chi connectivity index (χ3n) is 3.56. The molecule has 7 heteroatoms. The van der Waals surface area contributed by atoms with Gasteiger partial charge in [-0.05, 0) is 24.5 Å². The maximum absolute atomic E-state index is 11.3. The molecule has 2 rings (SSSR count). The Kier molecular flexibility index (Phi) is 3.89. The molecule has 0 spiro atoms. The van der Waals surface area contributed by atoms with E-state index in [1.165, 1.54) is 0 Å². The van der Waals surface area contributed by atoms with Gasteiger partial charge >= 0.3 is 6.09 Å². The third kappa shape index (κ3) is 2.88. The molecule has 2 N–H and O–H groups in total. The predicted octanol–water partition coefficient (Wildman–Crippen LogP) is 1.04. The summed E-state index contributed by atoms with van der Waals surface area (Å²) in [5, 5.41) is 29.6. The largest absolute Gasteiger partial charge is 0.465 e. The van der Waals surface area contributed by atoms with E-state index < -0.39 is 29.7 Å². The minimum absolute atomic E-state index is 0.143. The van der Waals surface area contributed by atoms with E-state index in [0.29, 0.717) is 6.42 Å². The maximum Gasteiger partial charge on any atom is 0.407 e. The molecule has 108 valence electrons. The zero-order valence-electron chi connectivity index (χ0n) is 11.0. The molecular weight excluding hydrogens is 264 g/mol. The van der Waals surface area contributed by atoms with Crippen molar-refractivity contribution >= 4 is 6.09 Å². The molecule has 7 nitrogen and oxygen atoms in total. The van der Waals surface area contributed by atoms with Gasteiger partial charge in [-0.2, -0.15) is 0 Å². The lowest BCUT2D eigenvalue weighted by Gasteiger charge is -2.36. The van der Waals surface area contributed by atoms with E-state index in [0.717, 1.165) is 21.6 Å². The van der Waals surface area contributed by atoms with Crippen molar-refractivity contribution in [3.8, 4) is 0 Å². The topological polar surface area (TPSA) is 104 Å². The van der Waals surface area contributed by atoms with E-state index in [9.17, 15) is 25.1 Å². The minimum Gasteiger partial charge on any atom is -0.465 e. The first kappa shape index (κ1) is 14.3. The Balaban J connectivity index is 2.30. The van der Waals surface area contributed by atoms with E-state index >= 15 is 0 Å².